The predicted molar refractivity (Wildman–Crippen MR) is 110 cm³/mol. The van der Waals surface area contributed by atoms with Crippen molar-refractivity contribution in [1.29, 1.82) is 0 Å². The van der Waals surface area contributed by atoms with Crippen LogP contribution in [-0.4, -0.2) is 5.91 Å². The average Bonchev–Trinajstić information content (AvgIpc) is 2.65. The first-order valence-electron chi connectivity index (χ1n) is 8.87. The molecule has 1 amide bonds. The largest absolute Gasteiger partial charge is 0.489 e. The van der Waals surface area contributed by atoms with E-state index in [-0.39, 0.29) is 5.91 Å². The fourth-order valence-corrected chi connectivity index (χ4v) is 2.61. The zero-order valence-electron chi connectivity index (χ0n) is 15.7. The van der Waals surface area contributed by atoms with Gasteiger partial charge in [-0.3, -0.25) is 4.79 Å². The summed E-state index contributed by atoms with van der Waals surface area (Å²) in [4.78, 5) is 12.3. The highest BCUT2D eigenvalue weighted by Crippen LogP contribution is 2.16. The third kappa shape index (κ3) is 6.83. The van der Waals surface area contributed by atoms with Crippen molar-refractivity contribution in [1.82, 2.24) is 5.32 Å². The standard InChI is InChI=1S/C22H25ClN2O2/c1-3-4-8-21(16(2)24)22(26)25-14-17-9-11-20(12-10-17)27-15-18-6-5-7-19(23)13-18/h4-13H,3,14-15,24H2,1-2H3,(H,25,26)/b8-4-,21-16-. The Bertz CT molecular complexity index is 822. The molecule has 0 saturated heterocycles. The third-order valence-corrected chi connectivity index (χ3v) is 4.10. The molecule has 2 aromatic rings. The fourth-order valence-electron chi connectivity index (χ4n) is 2.40. The maximum atomic E-state index is 12.3. The Morgan fingerprint density at radius 1 is 1.19 bits per heavy atom. The number of benzene rings is 2. The molecule has 5 heteroatoms. The van der Waals surface area contributed by atoms with Crippen molar-refractivity contribution in [3.05, 3.63) is 88.1 Å². The van der Waals surface area contributed by atoms with Gasteiger partial charge in [0.1, 0.15) is 12.4 Å². The van der Waals surface area contributed by atoms with Gasteiger partial charge in [0.2, 0.25) is 0 Å². The van der Waals surface area contributed by atoms with Gasteiger partial charge in [0.25, 0.3) is 5.91 Å². The average molecular weight is 385 g/mol. The molecule has 3 N–H and O–H groups in total. The van der Waals surface area contributed by atoms with Gasteiger partial charge in [0.05, 0.1) is 5.57 Å². The van der Waals surface area contributed by atoms with E-state index in [4.69, 9.17) is 22.1 Å². The number of allylic oxidation sites excluding steroid dienone is 2. The summed E-state index contributed by atoms with van der Waals surface area (Å²) in [7, 11) is 0. The van der Waals surface area contributed by atoms with Gasteiger partial charge in [-0.1, -0.05) is 54.9 Å². The minimum absolute atomic E-state index is 0.180. The number of ether oxygens (including phenoxy) is 1. The van der Waals surface area contributed by atoms with E-state index < -0.39 is 0 Å². The van der Waals surface area contributed by atoms with Gasteiger partial charge in [-0.2, -0.15) is 0 Å². The Balaban J connectivity index is 1.89. The molecule has 2 rings (SSSR count). The summed E-state index contributed by atoms with van der Waals surface area (Å²) in [6.07, 6.45) is 4.52. The van der Waals surface area contributed by atoms with Gasteiger partial charge in [-0.15, -0.1) is 0 Å². The summed E-state index contributed by atoms with van der Waals surface area (Å²) in [6, 6.07) is 15.2. The maximum absolute atomic E-state index is 12.3. The van der Waals surface area contributed by atoms with E-state index in [2.05, 4.69) is 5.32 Å². The Kier molecular flexibility index (Phi) is 7.96. The highest BCUT2D eigenvalue weighted by molar-refractivity contribution is 6.30. The molecule has 0 aromatic heterocycles. The Morgan fingerprint density at radius 3 is 2.56 bits per heavy atom. The van der Waals surface area contributed by atoms with Gasteiger partial charge in [-0.05, 0) is 48.7 Å². The van der Waals surface area contributed by atoms with Gasteiger partial charge in [-0.25, -0.2) is 0 Å². The van der Waals surface area contributed by atoms with Crippen LogP contribution < -0.4 is 15.8 Å². The summed E-state index contributed by atoms with van der Waals surface area (Å²) < 4.78 is 5.76. The van der Waals surface area contributed by atoms with E-state index in [0.717, 1.165) is 23.3 Å². The molecule has 0 aliphatic carbocycles. The Labute approximate surface area is 165 Å². The van der Waals surface area contributed by atoms with Crippen LogP contribution >= 0.6 is 11.6 Å². The molecular weight excluding hydrogens is 360 g/mol. The number of nitrogens with two attached hydrogens (primary N) is 1. The second kappa shape index (κ2) is 10.4. The monoisotopic (exact) mass is 384 g/mol. The first kappa shape index (κ1) is 20.6. The van der Waals surface area contributed by atoms with Crippen LogP contribution in [0.2, 0.25) is 5.02 Å². The highest BCUT2D eigenvalue weighted by atomic mass is 35.5. The zero-order valence-corrected chi connectivity index (χ0v) is 16.4. The number of amides is 1. The number of carbonyl (C=O) groups excluding carboxylic acids is 1. The number of halogens is 1. The van der Waals surface area contributed by atoms with Crippen molar-refractivity contribution >= 4 is 17.5 Å². The molecule has 0 radical (unpaired) electrons. The summed E-state index contributed by atoms with van der Waals surface area (Å²) in [5, 5.41) is 3.58. The Morgan fingerprint density at radius 2 is 1.93 bits per heavy atom. The molecule has 0 spiro atoms. The lowest BCUT2D eigenvalue weighted by Crippen LogP contribution is -2.25. The SMILES string of the molecule is CC/C=C\C(C(=O)NCc1ccc(OCc2cccc(Cl)c2)cc1)=C(/C)N. The van der Waals surface area contributed by atoms with E-state index in [1.165, 1.54) is 0 Å². The van der Waals surface area contributed by atoms with E-state index in [1.54, 1.807) is 13.0 Å². The molecule has 2 aromatic carbocycles. The van der Waals surface area contributed by atoms with Crippen molar-refractivity contribution in [2.75, 3.05) is 0 Å². The predicted octanol–water partition coefficient (Wildman–Crippen LogP) is 4.73. The topological polar surface area (TPSA) is 64.3 Å². The van der Waals surface area contributed by atoms with Crippen molar-refractivity contribution in [2.45, 2.75) is 33.4 Å². The van der Waals surface area contributed by atoms with E-state index in [1.807, 2.05) is 61.5 Å². The van der Waals surface area contributed by atoms with Gasteiger partial charge >= 0.3 is 0 Å². The van der Waals surface area contributed by atoms with Crippen LogP contribution in [0.15, 0.2) is 72.0 Å². The quantitative estimate of drug-likeness (QED) is 0.510. The minimum Gasteiger partial charge on any atom is -0.489 e. The van der Waals surface area contributed by atoms with Crippen LogP contribution in [0.5, 0.6) is 5.75 Å². The normalized spacial score (nSPS) is 12.0. The molecule has 0 fully saturated rings. The molecule has 27 heavy (non-hydrogen) atoms. The van der Waals surface area contributed by atoms with Crippen molar-refractivity contribution < 1.29 is 9.53 Å². The van der Waals surface area contributed by atoms with Gasteiger partial charge < -0.3 is 15.8 Å². The van der Waals surface area contributed by atoms with Crippen LogP contribution in [-0.2, 0) is 17.9 Å². The highest BCUT2D eigenvalue weighted by Gasteiger charge is 2.08. The molecule has 0 bridgehead atoms. The summed E-state index contributed by atoms with van der Waals surface area (Å²) in [6.45, 7) is 4.60. The van der Waals surface area contributed by atoms with Gasteiger partial charge in [0.15, 0.2) is 0 Å². The summed E-state index contributed by atoms with van der Waals surface area (Å²) >= 11 is 5.97. The second-order valence-electron chi connectivity index (χ2n) is 6.15. The molecule has 0 aliphatic heterocycles. The van der Waals surface area contributed by atoms with E-state index in [0.29, 0.717) is 29.4 Å². The van der Waals surface area contributed by atoms with E-state index in [9.17, 15) is 4.79 Å². The number of carbonyl (C=O) groups is 1. The number of rotatable bonds is 8. The zero-order chi connectivity index (χ0) is 19.6. The molecule has 0 atom stereocenters. The number of hydrogen-bond acceptors (Lipinski definition) is 3. The van der Waals surface area contributed by atoms with Crippen molar-refractivity contribution in [3.63, 3.8) is 0 Å². The fraction of sp³-hybridized carbons (Fsp3) is 0.227. The van der Waals surface area contributed by atoms with Crippen LogP contribution in [0.25, 0.3) is 0 Å². The molecule has 0 saturated carbocycles. The maximum Gasteiger partial charge on any atom is 0.253 e. The van der Waals surface area contributed by atoms with Gasteiger partial charge in [0, 0.05) is 17.3 Å². The summed E-state index contributed by atoms with van der Waals surface area (Å²) in [5.41, 5.74) is 8.79. The Hall–Kier alpha value is -2.72. The van der Waals surface area contributed by atoms with Crippen LogP contribution in [0, 0.1) is 0 Å². The lowest BCUT2D eigenvalue weighted by molar-refractivity contribution is -0.117. The molecule has 0 heterocycles. The first-order chi connectivity index (χ1) is 13.0. The molecule has 0 unspecified atom stereocenters. The lowest BCUT2D eigenvalue weighted by atomic mass is 10.1. The number of hydrogen-bond donors (Lipinski definition) is 2. The van der Waals surface area contributed by atoms with Crippen molar-refractivity contribution in [2.24, 2.45) is 5.73 Å². The third-order valence-electron chi connectivity index (χ3n) is 3.86. The molecule has 0 aliphatic rings. The minimum atomic E-state index is -0.180. The molecule has 4 nitrogen and oxygen atoms in total. The van der Waals surface area contributed by atoms with Crippen LogP contribution in [0.3, 0.4) is 0 Å². The summed E-state index contributed by atoms with van der Waals surface area (Å²) in [5.74, 6) is 0.579. The van der Waals surface area contributed by atoms with E-state index >= 15 is 0 Å². The smallest absolute Gasteiger partial charge is 0.253 e. The molecular formula is C22H25ClN2O2. The second-order valence-corrected chi connectivity index (χ2v) is 6.59. The lowest BCUT2D eigenvalue weighted by Gasteiger charge is -2.10. The van der Waals surface area contributed by atoms with Crippen LogP contribution in [0.4, 0.5) is 0 Å². The number of nitrogens with one attached hydrogen (secondary N) is 1. The molecule has 142 valence electrons. The first-order valence-corrected chi connectivity index (χ1v) is 9.24. The van der Waals surface area contributed by atoms with Crippen LogP contribution in [0.1, 0.15) is 31.4 Å². The van der Waals surface area contributed by atoms with Crippen molar-refractivity contribution in [3.8, 4) is 5.75 Å².